The zero-order valence-electron chi connectivity index (χ0n) is 11.3. The molecule has 1 N–H and O–H groups in total. The molecule has 0 bridgehead atoms. The molecule has 4 nitrogen and oxygen atoms in total. The Labute approximate surface area is 121 Å². The first-order valence-corrected chi connectivity index (χ1v) is 7.55. The van der Waals surface area contributed by atoms with Crippen molar-refractivity contribution in [3.05, 3.63) is 40.4 Å². The van der Waals surface area contributed by atoms with E-state index in [0.29, 0.717) is 5.13 Å². The maximum Gasteiger partial charge on any atom is 0.264 e. The van der Waals surface area contributed by atoms with Gasteiger partial charge in [-0.1, -0.05) is 6.07 Å². The maximum absolute atomic E-state index is 11.8. The second-order valence-electron chi connectivity index (χ2n) is 4.91. The van der Waals surface area contributed by atoms with E-state index in [9.17, 15) is 4.79 Å². The van der Waals surface area contributed by atoms with E-state index in [2.05, 4.69) is 16.4 Å². The molecule has 5 heteroatoms. The summed E-state index contributed by atoms with van der Waals surface area (Å²) in [5.41, 5.74) is 3.66. The first-order chi connectivity index (χ1) is 9.70. The van der Waals surface area contributed by atoms with Crippen LogP contribution in [0.25, 0.3) is 0 Å². The molecule has 1 aromatic carbocycles. The molecule has 1 aromatic heterocycles. The third-order valence-electron chi connectivity index (χ3n) is 3.31. The van der Waals surface area contributed by atoms with Gasteiger partial charge in [-0.25, -0.2) is 4.98 Å². The predicted molar refractivity (Wildman–Crippen MR) is 79.4 cm³/mol. The van der Waals surface area contributed by atoms with Gasteiger partial charge in [-0.15, -0.1) is 11.3 Å². The number of ether oxygens (including phenoxy) is 1. The molecule has 0 atom stereocenters. The van der Waals surface area contributed by atoms with Crippen molar-refractivity contribution in [3.63, 3.8) is 0 Å². The highest BCUT2D eigenvalue weighted by molar-refractivity contribution is 7.13. The second kappa shape index (κ2) is 5.63. The van der Waals surface area contributed by atoms with Crippen molar-refractivity contribution >= 4 is 22.4 Å². The van der Waals surface area contributed by atoms with E-state index in [4.69, 9.17) is 4.74 Å². The van der Waals surface area contributed by atoms with Crippen LogP contribution >= 0.6 is 11.3 Å². The van der Waals surface area contributed by atoms with Gasteiger partial charge in [-0.05, 0) is 49.4 Å². The minimum absolute atomic E-state index is 0.0113. The van der Waals surface area contributed by atoms with Gasteiger partial charge in [0.2, 0.25) is 0 Å². The van der Waals surface area contributed by atoms with Crippen molar-refractivity contribution in [2.75, 3.05) is 11.9 Å². The van der Waals surface area contributed by atoms with E-state index >= 15 is 0 Å². The van der Waals surface area contributed by atoms with E-state index in [1.807, 2.05) is 24.4 Å². The standard InChI is InChI=1S/C15H16N2O2S/c1-10-9-20-15(16-10)17-14(18)8-19-13-6-5-11-3-2-4-12(11)7-13/h5-7,9H,2-4,8H2,1H3,(H,16,17,18). The van der Waals surface area contributed by atoms with Crippen LogP contribution in [0.4, 0.5) is 5.13 Å². The number of anilines is 1. The number of amides is 1. The minimum atomic E-state index is -0.181. The molecule has 1 heterocycles. The van der Waals surface area contributed by atoms with Gasteiger partial charge in [-0.3, -0.25) is 10.1 Å². The summed E-state index contributed by atoms with van der Waals surface area (Å²) in [6.45, 7) is 1.91. The Morgan fingerprint density at radius 1 is 1.40 bits per heavy atom. The number of carbonyl (C=O) groups excluding carboxylic acids is 1. The highest BCUT2D eigenvalue weighted by Gasteiger charge is 2.12. The number of hydrogen-bond donors (Lipinski definition) is 1. The number of nitrogens with one attached hydrogen (secondary N) is 1. The molecular weight excluding hydrogens is 272 g/mol. The van der Waals surface area contributed by atoms with E-state index in [1.165, 1.54) is 28.9 Å². The summed E-state index contributed by atoms with van der Waals surface area (Å²) < 4.78 is 5.54. The summed E-state index contributed by atoms with van der Waals surface area (Å²) in [7, 11) is 0. The Balaban J connectivity index is 1.55. The third kappa shape index (κ3) is 2.99. The summed E-state index contributed by atoms with van der Waals surface area (Å²) in [6, 6.07) is 6.08. The number of fused-ring (bicyclic) bond motifs is 1. The minimum Gasteiger partial charge on any atom is -0.484 e. The largest absolute Gasteiger partial charge is 0.484 e. The van der Waals surface area contributed by atoms with Crippen LogP contribution < -0.4 is 10.1 Å². The van der Waals surface area contributed by atoms with Crippen molar-refractivity contribution < 1.29 is 9.53 Å². The summed E-state index contributed by atoms with van der Waals surface area (Å²) in [6.07, 6.45) is 3.47. The number of thiazole rings is 1. The van der Waals surface area contributed by atoms with Crippen molar-refractivity contribution in [2.24, 2.45) is 0 Å². The Bertz CT molecular complexity index is 637. The first kappa shape index (κ1) is 13.1. The lowest BCUT2D eigenvalue weighted by Gasteiger charge is -2.07. The van der Waals surface area contributed by atoms with Gasteiger partial charge >= 0.3 is 0 Å². The molecule has 0 saturated carbocycles. The number of hydrogen-bond acceptors (Lipinski definition) is 4. The van der Waals surface area contributed by atoms with Crippen LogP contribution in [0.5, 0.6) is 5.75 Å². The van der Waals surface area contributed by atoms with Gasteiger partial charge in [0.15, 0.2) is 11.7 Å². The van der Waals surface area contributed by atoms with Crippen molar-refractivity contribution in [1.82, 2.24) is 4.98 Å². The lowest BCUT2D eigenvalue weighted by Crippen LogP contribution is -2.20. The van der Waals surface area contributed by atoms with E-state index < -0.39 is 0 Å². The molecule has 0 unspecified atom stereocenters. The summed E-state index contributed by atoms with van der Waals surface area (Å²) in [5, 5.41) is 5.24. The number of rotatable bonds is 4. The Hall–Kier alpha value is -1.88. The van der Waals surface area contributed by atoms with Gasteiger partial charge in [0.25, 0.3) is 5.91 Å². The van der Waals surface area contributed by atoms with Crippen LogP contribution in [-0.2, 0) is 17.6 Å². The molecule has 20 heavy (non-hydrogen) atoms. The van der Waals surface area contributed by atoms with Crippen LogP contribution in [0, 0.1) is 6.92 Å². The zero-order valence-corrected chi connectivity index (χ0v) is 12.1. The quantitative estimate of drug-likeness (QED) is 0.941. The molecule has 104 valence electrons. The molecule has 3 rings (SSSR count). The summed E-state index contributed by atoms with van der Waals surface area (Å²) in [4.78, 5) is 15.9. The summed E-state index contributed by atoms with van der Waals surface area (Å²) >= 11 is 1.42. The third-order valence-corrected chi connectivity index (χ3v) is 4.18. The average Bonchev–Trinajstić information content (AvgIpc) is 3.04. The molecule has 1 aliphatic carbocycles. The number of benzene rings is 1. The Morgan fingerprint density at radius 3 is 3.05 bits per heavy atom. The van der Waals surface area contributed by atoms with Gasteiger partial charge in [0.05, 0.1) is 5.69 Å². The molecule has 2 aromatic rings. The number of nitrogens with zero attached hydrogens (tertiary/aromatic N) is 1. The molecule has 0 saturated heterocycles. The molecule has 0 spiro atoms. The van der Waals surface area contributed by atoms with Crippen molar-refractivity contribution in [2.45, 2.75) is 26.2 Å². The lowest BCUT2D eigenvalue weighted by molar-refractivity contribution is -0.118. The SMILES string of the molecule is Cc1csc(NC(=O)COc2ccc3c(c2)CCC3)n1. The van der Waals surface area contributed by atoms with Crippen molar-refractivity contribution in [1.29, 1.82) is 0 Å². The monoisotopic (exact) mass is 288 g/mol. The number of carbonyl (C=O) groups is 1. The van der Waals surface area contributed by atoms with Gasteiger partial charge < -0.3 is 4.74 Å². The molecule has 1 amide bonds. The van der Waals surface area contributed by atoms with Crippen LogP contribution in [0.2, 0.25) is 0 Å². The fourth-order valence-electron chi connectivity index (χ4n) is 2.35. The van der Waals surface area contributed by atoms with Crippen molar-refractivity contribution in [3.8, 4) is 5.75 Å². The van der Waals surface area contributed by atoms with Gasteiger partial charge in [0.1, 0.15) is 5.75 Å². The van der Waals surface area contributed by atoms with Crippen LogP contribution in [0.1, 0.15) is 23.2 Å². The van der Waals surface area contributed by atoms with Crippen LogP contribution in [0.3, 0.4) is 0 Å². The normalized spacial score (nSPS) is 13.1. The molecular formula is C15H16N2O2S. The first-order valence-electron chi connectivity index (χ1n) is 6.67. The van der Waals surface area contributed by atoms with E-state index in [0.717, 1.165) is 24.3 Å². The second-order valence-corrected chi connectivity index (χ2v) is 5.77. The summed E-state index contributed by atoms with van der Waals surface area (Å²) in [5.74, 6) is 0.580. The van der Waals surface area contributed by atoms with E-state index in [-0.39, 0.29) is 12.5 Å². The van der Waals surface area contributed by atoms with Gasteiger partial charge in [-0.2, -0.15) is 0 Å². The highest BCUT2D eigenvalue weighted by Crippen LogP contribution is 2.26. The zero-order chi connectivity index (χ0) is 13.9. The smallest absolute Gasteiger partial charge is 0.264 e. The average molecular weight is 288 g/mol. The molecule has 0 fully saturated rings. The molecule has 1 aliphatic rings. The topological polar surface area (TPSA) is 51.2 Å². The molecule has 0 aliphatic heterocycles. The van der Waals surface area contributed by atoms with E-state index in [1.54, 1.807) is 0 Å². The lowest BCUT2D eigenvalue weighted by atomic mass is 10.1. The Kier molecular flexibility index (Phi) is 3.69. The predicted octanol–water partition coefficient (Wildman–Crippen LogP) is 2.96. The highest BCUT2D eigenvalue weighted by atomic mass is 32.1. The van der Waals surface area contributed by atoms with Crippen LogP contribution in [-0.4, -0.2) is 17.5 Å². The number of aryl methyl sites for hydroxylation is 3. The number of aromatic nitrogens is 1. The fourth-order valence-corrected chi connectivity index (χ4v) is 3.06. The molecule has 0 radical (unpaired) electrons. The van der Waals surface area contributed by atoms with Gasteiger partial charge in [0, 0.05) is 5.38 Å². The maximum atomic E-state index is 11.8. The Morgan fingerprint density at radius 2 is 2.25 bits per heavy atom. The fraction of sp³-hybridized carbons (Fsp3) is 0.333. The van der Waals surface area contributed by atoms with Crippen LogP contribution in [0.15, 0.2) is 23.6 Å².